The number of rotatable bonds is 6. The monoisotopic (exact) mass is 224 g/mol. The largest absolute Gasteiger partial charge is 0.396 e. The van der Waals surface area contributed by atoms with Gasteiger partial charge in [0, 0.05) is 19.2 Å². The van der Waals surface area contributed by atoms with Crippen molar-refractivity contribution < 1.29 is 5.11 Å². The van der Waals surface area contributed by atoms with Crippen LogP contribution < -0.4 is 10.6 Å². The second kappa shape index (κ2) is 6.27. The van der Waals surface area contributed by atoms with Crippen LogP contribution in [-0.4, -0.2) is 34.3 Å². The second-order valence-electron chi connectivity index (χ2n) is 3.91. The van der Waals surface area contributed by atoms with Gasteiger partial charge in [0.1, 0.15) is 11.6 Å². The molecule has 1 aromatic rings. The summed E-state index contributed by atoms with van der Waals surface area (Å²) in [6, 6.07) is 0.163. The molecular weight excluding hydrogens is 204 g/mol. The summed E-state index contributed by atoms with van der Waals surface area (Å²) < 4.78 is 0. The Morgan fingerprint density at radius 2 is 2.00 bits per heavy atom. The summed E-state index contributed by atoms with van der Waals surface area (Å²) in [5, 5.41) is 15.4. The predicted octanol–water partition coefficient (Wildman–Crippen LogP) is 1.34. The van der Waals surface area contributed by atoms with Gasteiger partial charge in [0.25, 0.3) is 0 Å². The van der Waals surface area contributed by atoms with Crippen LogP contribution in [0.4, 0.5) is 11.6 Å². The lowest BCUT2D eigenvalue weighted by molar-refractivity contribution is 0.226. The van der Waals surface area contributed by atoms with Gasteiger partial charge in [-0.15, -0.1) is 0 Å². The van der Waals surface area contributed by atoms with E-state index in [9.17, 15) is 0 Å². The Labute approximate surface area is 96.3 Å². The summed E-state index contributed by atoms with van der Waals surface area (Å²) >= 11 is 0. The average Bonchev–Trinajstić information content (AvgIpc) is 2.29. The molecule has 0 bridgehead atoms. The number of aliphatic hydroxyl groups is 1. The van der Waals surface area contributed by atoms with Crippen molar-refractivity contribution in [1.82, 2.24) is 9.97 Å². The molecule has 90 valence electrons. The highest BCUT2D eigenvalue weighted by atomic mass is 16.3. The molecule has 5 nitrogen and oxygen atoms in total. The fraction of sp³-hybridized carbons (Fsp3) is 0.636. The molecule has 2 unspecified atom stereocenters. The fourth-order valence-electron chi connectivity index (χ4n) is 1.24. The van der Waals surface area contributed by atoms with Crippen LogP contribution in [0.15, 0.2) is 12.4 Å². The van der Waals surface area contributed by atoms with E-state index in [1.54, 1.807) is 12.4 Å². The van der Waals surface area contributed by atoms with Crippen molar-refractivity contribution >= 4 is 11.6 Å². The maximum Gasteiger partial charge on any atom is 0.147 e. The number of hydrogen-bond donors (Lipinski definition) is 3. The van der Waals surface area contributed by atoms with Crippen molar-refractivity contribution in [3.05, 3.63) is 12.4 Å². The number of anilines is 2. The van der Waals surface area contributed by atoms with Gasteiger partial charge in [-0.05, 0) is 19.8 Å². The zero-order valence-electron chi connectivity index (χ0n) is 10.1. The molecule has 0 aliphatic carbocycles. The van der Waals surface area contributed by atoms with E-state index in [4.69, 9.17) is 5.11 Å². The molecule has 1 rings (SSSR count). The maximum absolute atomic E-state index is 9.03. The summed E-state index contributed by atoms with van der Waals surface area (Å²) in [4.78, 5) is 8.44. The van der Waals surface area contributed by atoms with Crippen molar-refractivity contribution in [3.8, 4) is 0 Å². The van der Waals surface area contributed by atoms with E-state index >= 15 is 0 Å². The van der Waals surface area contributed by atoms with E-state index in [0.717, 1.165) is 18.2 Å². The first kappa shape index (κ1) is 12.7. The lowest BCUT2D eigenvalue weighted by Crippen LogP contribution is -2.26. The first-order valence-electron chi connectivity index (χ1n) is 5.60. The maximum atomic E-state index is 9.03. The molecular formula is C11H20N4O. The van der Waals surface area contributed by atoms with Crippen molar-refractivity contribution in [2.45, 2.75) is 26.8 Å². The quantitative estimate of drug-likeness (QED) is 0.680. The lowest BCUT2D eigenvalue weighted by atomic mass is 10.1. The van der Waals surface area contributed by atoms with Crippen molar-refractivity contribution in [2.24, 2.45) is 5.92 Å². The van der Waals surface area contributed by atoms with Gasteiger partial charge in [0.2, 0.25) is 0 Å². The Hall–Kier alpha value is -1.36. The van der Waals surface area contributed by atoms with Crippen LogP contribution in [-0.2, 0) is 0 Å². The molecule has 0 fully saturated rings. The van der Waals surface area contributed by atoms with Gasteiger partial charge in [-0.2, -0.15) is 0 Å². The van der Waals surface area contributed by atoms with E-state index in [1.807, 2.05) is 20.8 Å². The molecule has 0 aliphatic heterocycles. The van der Waals surface area contributed by atoms with Crippen molar-refractivity contribution in [1.29, 1.82) is 0 Å². The predicted molar refractivity (Wildman–Crippen MR) is 65.5 cm³/mol. The van der Waals surface area contributed by atoms with Crippen LogP contribution in [0.5, 0.6) is 0 Å². The Balaban J connectivity index is 2.62. The number of aliphatic hydroxyl groups excluding tert-OH is 1. The van der Waals surface area contributed by atoms with Crippen molar-refractivity contribution in [3.63, 3.8) is 0 Å². The molecule has 0 saturated carbocycles. The van der Waals surface area contributed by atoms with Crippen LogP contribution in [0, 0.1) is 5.92 Å². The van der Waals surface area contributed by atoms with Crippen LogP contribution in [0.2, 0.25) is 0 Å². The standard InChI is InChI=1S/C11H20N4O/c1-4-13-10-5-12-6-11(15-10)14-9(3)8(2)7-16/h5-6,8-9,16H,4,7H2,1-3H3,(H2,13,14,15). The highest BCUT2D eigenvalue weighted by Crippen LogP contribution is 2.11. The van der Waals surface area contributed by atoms with Gasteiger partial charge in [-0.1, -0.05) is 6.92 Å². The van der Waals surface area contributed by atoms with Crippen LogP contribution in [0.1, 0.15) is 20.8 Å². The molecule has 0 spiro atoms. The first-order chi connectivity index (χ1) is 7.67. The van der Waals surface area contributed by atoms with Crippen LogP contribution >= 0.6 is 0 Å². The van der Waals surface area contributed by atoms with Gasteiger partial charge in [-0.25, -0.2) is 4.98 Å². The third-order valence-electron chi connectivity index (χ3n) is 2.51. The van der Waals surface area contributed by atoms with Crippen molar-refractivity contribution in [2.75, 3.05) is 23.8 Å². The summed E-state index contributed by atoms with van der Waals surface area (Å²) in [6.45, 7) is 7.00. The molecule has 5 heteroatoms. The number of aromatic nitrogens is 2. The molecule has 0 saturated heterocycles. The topological polar surface area (TPSA) is 70.1 Å². The SMILES string of the molecule is CCNc1cncc(NC(C)C(C)CO)n1. The van der Waals surface area contributed by atoms with E-state index < -0.39 is 0 Å². The summed E-state index contributed by atoms with van der Waals surface area (Å²) in [5.41, 5.74) is 0. The Bertz CT molecular complexity index is 319. The average molecular weight is 224 g/mol. The summed E-state index contributed by atoms with van der Waals surface area (Å²) in [7, 11) is 0. The molecule has 0 radical (unpaired) electrons. The molecule has 3 N–H and O–H groups in total. The number of nitrogens with zero attached hydrogens (tertiary/aromatic N) is 2. The Kier molecular flexibility index (Phi) is 4.98. The molecule has 0 aliphatic rings. The van der Waals surface area contributed by atoms with Gasteiger partial charge in [-0.3, -0.25) is 4.98 Å². The minimum Gasteiger partial charge on any atom is -0.396 e. The van der Waals surface area contributed by atoms with Gasteiger partial charge in [0.15, 0.2) is 0 Å². The van der Waals surface area contributed by atoms with Crippen LogP contribution in [0.3, 0.4) is 0 Å². The van der Waals surface area contributed by atoms with E-state index in [1.165, 1.54) is 0 Å². The third kappa shape index (κ3) is 3.66. The van der Waals surface area contributed by atoms with E-state index in [0.29, 0.717) is 0 Å². The smallest absolute Gasteiger partial charge is 0.147 e. The molecule has 1 heterocycles. The first-order valence-corrected chi connectivity index (χ1v) is 5.60. The summed E-state index contributed by atoms with van der Waals surface area (Å²) in [6.07, 6.45) is 3.37. The zero-order chi connectivity index (χ0) is 12.0. The lowest BCUT2D eigenvalue weighted by Gasteiger charge is -2.19. The Morgan fingerprint density at radius 1 is 1.31 bits per heavy atom. The zero-order valence-corrected chi connectivity index (χ0v) is 10.1. The van der Waals surface area contributed by atoms with Gasteiger partial charge in [0.05, 0.1) is 12.4 Å². The molecule has 2 atom stereocenters. The molecule has 0 aromatic carbocycles. The molecule has 0 amide bonds. The number of nitrogens with one attached hydrogen (secondary N) is 2. The normalized spacial score (nSPS) is 14.2. The summed E-state index contributed by atoms with van der Waals surface area (Å²) in [5.74, 6) is 1.67. The van der Waals surface area contributed by atoms with E-state index in [2.05, 4.69) is 20.6 Å². The minimum atomic E-state index is 0.161. The fourth-order valence-corrected chi connectivity index (χ4v) is 1.24. The minimum absolute atomic E-state index is 0.161. The second-order valence-corrected chi connectivity index (χ2v) is 3.91. The third-order valence-corrected chi connectivity index (χ3v) is 2.51. The highest BCUT2D eigenvalue weighted by molar-refractivity contribution is 5.41. The molecule has 1 aromatic heterocycles. The Morgan fingerprint density at radius 3 is 2.62 bits per heavy atom. The van der Waals surface area contributed by atoms with Gasteiger partial charge >= 0.3 is 0 Å². The van der Waals surface area contributed by atoms with Gasteiger partial charge < -0.3 is 15.7 Å². The molecule has 16 heavy (non-hydrogen) atoms. The van der Waals surface area contributed by atoms with E-state index in [-0.39, 0.29) is 18.6 Å². The highest BCUT2D eigenvalue weighted by Gasteiger charge is 2.11. The van der Waals surface area contributed by atoms with Crippen LogP contribution in [0.25, 0.3) is 0 Å². The number of hydrogen-bond acceptors (Lipinski definition) is 5.